The smallest absolute Gasteiger partial charge is 0.311 e. The summed E-state index contributed by atoms with van der Waals surface area (Å²) in [6.07, 6.45) is 2.06. The third-order valence-electron chi connectivity index (χ3n) is 5.65. The normalized spacial score (nSPS) is 14.1. The van der Waals surface area contributed by atoms with Crippen molar-refractivity contribution in [1.29, 1.82) is 0 Å². The number of hydrogen-bond acceptors (Lipinski definition) is 6. The maximum Gasteiger partial charge on any atom is 0.311 e. The molecular weight excluding hydrogens is 384 g/mol. The molecule has 170 valence electrons. The van der Waals surface area contributed by atoms with Crippen LogP contribution in [0.15, 0.2) is 24.3 Å². The Balaban J connectivity index is 2.49. The SMILES string of the molecule is COC(=O)C(C)(C)CCC(O)Cc1ccc(CC(O)CCC(C)(C)C(=O)OC)cc1. The number of esters is 2. The van der Waals surface area contributed by atoms with Crippen molar-refractivity contribution in [2.45, 2.75) is 78.4 Å². The van der Waals surface area contributed by atoms with Gasteiger partial charge in [-0.15, -0.1) is 0 Å². The molecule has 6 nitrogen and oxygen atoms in total. The molecule has 0 aliphatic heterocycles. The molecule has 6 heteroatoms. The Bertz CT molecular complexity index is 618. The quantitative estimate of drug-likeness (QED) is 0.501. The number of ether oxygens (including phenoxy) is 2. The molecule has 2 unspecified atom stereocenters. The topological polar surface area (TPSA) is 93.1 Å². The lowest BCUT2D eigenvalue weighted by atomic mass is 9.85. The average Bonchev–Trinajstić information content (AvgIpc) is 2.71. The molecule has 0 aliphatic carbocycles. The van der Waals surface area contributed by atoms with Crippen LogP contribution in [0.2, 0.25) is 0 Å². The van der Waals surface area contributed by atoms with E-state index in [1.807, 2.05) is 52.0 Å². The second kappa shape index (κ2) is 11.5. The zero-order chi connectivity index (χ0) is 22.9. The Hall–Kier alpha value is -1.92. The van der Waals surface area contributed by atoms with Crippen LogP contribution >= 0.6 is 0 Å². The van der Waals surface area contributed by atoms with Gasteiger partial charge in [0.2, 0.25) is 0 Å². The molecule has 1 rings (SSSR count). The van der Waals surface area contributed by atoms with Crippen molar-refractivity contribution < 1.29 is 29.3 Å². The van der Waals surface area contributed by atoms with Gasteiger partial charge in [-0.05, 0) is 77.3 Å². The molecule has 30 heavy (non-hydrogen) atoms. The minimum atomic E-state index is -0.613. The fraction of sp³-hybridized carbons (Fsp3) is 0.667. The lowest BCUT2D eigenvalue weighted by Crippen LogP contribution is -2.27. The maximum atomic E-state index is 11.7. The number of carbonyl (C=O) groups is 2. The van der Waals surface area contributed by atoms with E-state index in [0.717, 1.165) is 11.1 Å². The van der Waals surface area contributed by atoms with Gasteiger partial charge in [-0.1, -0.05) is 24.3 Å². The minimum absolute atomic E-state index is 0.271. The van der Waals surface area contributed by atoms with E-state index >= 15 is 0 Å². The highest BCUT2D eigenvalue weighted by molar-refractivity contribution is 5.76. The molecule has 0 heterocycles. The van der Waals surface area contributed by atoms with Crippen molar-refractivity contribution in [1.82, 2.24) is 0 Å². The summed E-state index contributed by atoms with van der Waals surface area (Å²) in [5.41, 5.74) is 0.780. The van der Waals surface area contributed by atoms with Crippen molar-refractivity contribution in [3.63, 3.8) is 0 Å². The van der Waals surface area contributed by atoms with Gasteiger partial charge in [-0.2, -0.15) is 0 Å². The summed E-state index contributed by atoms with van der Waals surface area (Å²) in [7, 11) is 2.75. The summed E-state index contributed by atoms with van der Waals surface area (Å²) < 4.78 is 9.60. The van der Waals surface area contributed by atoms with Crippen molar-refractivity contribution in [3.05, 3.63) is 35.4 Å². The monoisotopic (exact) mass is 422 g/mol. The molecular formula is C24H38O6. The summed E-state index contributed by atoms with van der Waals surface area (Å²) in [4.78, 5) is 23.5. The second-order valence-electron chi connectivity index (χ2n) is 9.36. The number of rotatable bonds is 12. The number of hydrogen-bond donors (Lipinski definition) is 2. The highest BCUT2D eigenvalue weighted by Crippen LogP contribution is 2.27. The summed E-state index contributed by atoms with van der Waals surface area (Å²) in [6, 6.07) is 7.81. The van der Waals surface area contributed by atoms with Gasteiger partial charge in [0.1, 0.15) is 0 Å². The van der Waals surface area contributed by atoms with Gasteiger partial charge in [0.05, 0.1) is 37.3 Å². The summed E-state index contributed by atoms with van der Waals surface area (Å²) in [5, 5.41) is 20.6. The Morgan fingerprint density at radius 2 is 1.07 bits per heavy atom. The highest BCUT2D eigenvalue weighted by atomic mass is 16.5. The number of carbonyl (C=O) groups excluding carboxylic acids is 2. The third-order valence-corrected chi connectivity index (χ3v) is 5.65. The number of aliphatic hydroxyl groups is 2. The molecule has 0 bridgehead atoms. The summed E-state index contributed by atoms with van der Waals surface area (Å²) in [6.45, 7) is 7.27. The molecule has 0 fully saturated rings. The summed E-state index contributed by atoms with van der Waals surface area (Å²) >= 11 is 0. The van der Waals surface area contributed by atoms with Gasteiger partial charge >= 0.3 is 11.9 Å². The first kappa shape index (κ1) is 26.1. The van der Waals surface area contributed by atoms with Gasteiger partial charge in [-0.3, -0.25) is 9.59 Å². The predicted octanol–water partition coefficient (Wildman–Crippen LogP) is 3.45. The molecule has 1 aromatic carbocycles. The molecule has 0 aliphatic rings. The first-order valence-corrected chi connectivity index (χ1v) is 10.5. The molecule has 2 atom stereocenters. The molecule has 1 aromatic rings. The van der Waals surface area contributed by atoms with E-state index in [1.54, 1.807) is 0 Å². The van der Waals surface area contributed by atoms with Crippen LogP contribution < -0.4 is 0 Å². The largest absolute Gasteiger partial charge is 0.469 e. The highest BCUT2D eigenvalue weighted by Gasteiger charge is 2.30. The average molecular weight is 423 g/mol. The molecule has 0 aromatic heterocycles. The van der Waals surface area contributed by atoms with E-state index in [1.165, 1.54) is 14.2 Å². The number of benzene rings is 1. The zero-order valence-electron chi connectivity index (χ0n) is 19.2. The second-order valence-corrected chi connectivity index (χ2v) is 9.36. The molecule has 0 amide bonds. The van der Waals surface area contributed by atoms with Gasteiger partial charge in [0, 0.05) is 0 Å². The first-order chi connectivity index (χ1) is 13.9. The lowest BCUT2D eigenvalue weighted by molar-refractivity contribution is -0.152. The van der Waals surface area contributed by atoms with Crippen molar-refractivity contribution in [2.75, 3.05) is 14.2 Å². The Kier molecular flexibility index (Phi) is 9.98. The molecule has 0 spiro atoms. The van der Waals surface area contributed by atoms with Crippen LogP contribution in [0.4, 0.5) is 0 Å². The molecule has 2 N–H and O–H groups in total. The third kappa shape index (κ3) is 8.44. The molecule has 0 saturated carbocycles. The standard InChI is InChI=1S/C24H38O6/c1-23(2,21(27)29-5)13-11-19(25)15-17-7-9-18(10-8-17)16-20(26)12-14-24(3,4)22(28)30-6/h7-10,19-20,25-26H,11-16H2,1-6H3. The van der Waals surface area contributed by atoms with Crippen molar-refractivity contribution >= 4 is 11.9 Å². The predicted molar refractivity (Wildman–Crippen MR) is 116 cm³/mol. The van der Waals surface area contributed by atoms with Crippen LogP contribution in [0.5, 0.6) is 0 Å². The minimum Gasteiger partial charge on any atom is -0.469 e. The Labute approximate surface area is 180 Å². The first-order valence-electron chi connectivity index (χ1n) is 10.5. The van der Waals surface area contributed by atoms with E-state index in [9.17, 15) is 19.8 Å². The van der Waals surface area contributed by atoms with E-state index in [2.05, 4.69) is 0 Å². The number of aliphatic hydroxyl groups excluding tert-OH is 2. The van der Waals surface area contributed by atoms with Crippen molar-refractivity contribution in [3.8, 4) is 0 Å². The van der Waals surface area contributed by atoms with Crippen LogP contribution in [-0.4, -0.2) is 48.6 Å². The van der Waals surface area contributed by atoms with E-state index in [4.69, 9.17) is 9.47 Å². The van der Waals surface area contributed by atoms with Crippen LogP contribution in [0.3, 0.4) is 0 Å². The van der Waals surface area contributed by atoms with Gasteiger partial charge in [-0.25, -0.2) is 0 Å². The van der Waals surface area contributed by atoms with Crippen molar-refractivity contribution in [2.24, 2.45) is 10.8 Å². The maximum absolute atomic E-state index is 11.7. The van der Waals surface area contributed by atoms with Crippen LogP contribution in [-0.2, 0) is 31.9 Å². The number of methoxy groups -OCH3 is 2. The zero-order valence-corrected chi connectivity index (χ0v) is 19.2. The van der Waals surface area contributed by atoms with Crippen LogP contribution in [0.25, 0.3) is 0 Å². The van der Waals surface area contributed by atoms with Crippen LogP contribution in [0, 0.1) is 10.8 Å². The van der Waals surface area contributed by atoms with Gasteiger partial charge < -0.3 is 19.7 Å². The molecule has 0 radical (unpaired) electrons. The summed E-state index contributed by atoms with van der Waals surface area (Å²) in [5.74, 6) is -0.542. The Morgan fingerprint density at radius 3 is 1.33 bits per heavy atom. The fourth-order valence-electron chi connectivity index (χ4n) is 3.37. The molecule has 0 saturated heterocycles. The van der Waals surface area contributed by atoms with E-state index in [0.29, 0.717) is 38.5 Å². The fourth-order valence-corrected chi connectivity index (χ4v) is 3.37. The van der Waals surface area contributed by atoms with Gasteiger partial charge in [0.15, 0.2) is 0 Å². The van der Waals surface area contributed by atoms with E-state index in [-0.39, 0.29) is 11.9 Å². The Morgan fingerprint density at radius 1 is 0.767 bits per heavy atom. The van der Waals surface area contributed by atoms with Gasteiger partial charge in [0.25, 0.3) is 0 Å². The lowest BCUT2D eigenvalue weighted by Gasteiger charge is -2.23. The van der Waals surface area contributed by atoms with Crippen LogP contribution in [0.1, 0.15) is 64.5 Å². The van der Waals surface area contributed by atoms with E-state index < -0.39 is 23.0 Å².